The van der Waals surface area contributed by atoms with E-state index >= 15 is 0 Å². The Morgan fingerprint density at radius 2 is 2.18 bits per heavy atom. The summed E-state index contributed by atoms with van der Waals surface area (Å²) in [6.07, 6.45) is 1.28. The molecule has 0 heterocycles. The summed E-state index contributed by atoms with van der Waals surface area (Å²) < 4.78 is 4.62. The highest BCUT2D eigenvalue weighted by atomic mass is 16.6. The predicted octanol–water partition coefficient (Wildman–Crippen LogP) is 1.33. The van der Waals surface area contributed by atoms with Crippen LogP contribution in [0.5, 0.6) is 0 Å². The predicted molar refractivity (Wildman–Crippen MR) is 59.5 cm³/mol. The van der Waals surface area contributed by atoms with E-state index in [4.69, 9.17) is 5.73 Å². The number of hydrogen-bond acceptors (Lipinski definition) is 5. The van der Waals surface area contributed by atoms with E-state index in [9.17, 15) is 14.9 Å². The van der Waals surface area contributed by atoms with Crippen molar-refractivity contribution >= 4 is 11.7 Å². The lowest BCUT2D eigenvalue weighted by Crippen LogP contribution is -2.24. The maximum atomic E-state index is 11.6. The normalized spacial score (nSPS) is 16.4. The molecule has 0 bridgehead atoms. The summed E-state index contributed by atoms with van der Waals surface area (Å²) in [6, 6.07) is 4.31. The van der Waals surface area contributed by atoms with Crippen LogP contribution in [0.15, 0.2) is 18.2 Å². The second-order valence-corrected chi connectivity index (χ2v) is 4.10. The largest absolute Gasteiger partial charge is 0.465 e. The van der Waals surface area contributed by atoms with Gasteiger partial charge in [0, 0.05) is 11.6 Å². The molecule has 0 saturated heterocycles. The van der Waals surface area contributed by atoms with Crippen LogP contribution in [0.1, 0.15) is 28.8 Å². The Hall–Kier alpha value is -1.95. The van der Waals surface area contributed by atoms with Gasteiger partial charge in [-0.2, -0.15) is 0 Å². The molecule has 0 radical (unpaired) electrons. The number of methoxy groups -OCH3 is 1. The van der Waals surface area contributed by atoms with Gasteiger partial charge in [0.2, 0.25) is 0 Å². The molecule has 6 nitrogen and oxygen atoms in total. The van der Waals surface area contributed by atoms with Gasteiger partial charge in [0.1, 0.15) is 0 Å². The van der Waals surface area contributed by atoms with Crippen molar-refractivity contribution in [2.24, 2.45) is 5.73 Å². The van der Waals surface area contributed by atoms with Gasteiger partial charge in [0.15, 0.2) is 0 Å². The molecule has 0 aliphatic heterocycles. The number of rotatable bonds is 3. The first-order valence-electron chi connectivity index (χ1n) is 5.15. The third kappa shape index (κ3) is 1.87. The smallest absolute Gasteiger partial charge is 0.338 e. The summed E-state index contributed by atoms with van der Waals surface area (Å²) in [6.45, 7) is 0. The Morgan fingerprint density at radius 3 is 2.65 bits per heavy atom. The number of ether oxygens (including phenoxy) is 1. The highest BCUT2D eigenvalue weighted by Gasteiger charge is 2.47. The molecule has 1 saturated carbocycles. The van der Waals surface area contributed by atoms with Crippen molar-refractivity contribution < 1.29 is 14.5 Å². The SMILES string of the molecule is COC(=O)c1cccc([N+](=O)[O-])c1C1(N)CC1. The fourth-order valence-electron chi connectivity index (χ4n) is 1.88. The van der Waals surface area contributed by atoms with Gasteiger partial charge in [0.25, 0.3) is 5.69 Å². The van der Waals surface area contributed by atoms with E-state index < -0.39 is 16.4 Å². The van der Waals surface area contributed by atoms with Crippen molar-refractivity contribution in [3.8, 4) is 0 Å². The van der Waals surface area contributed by atoms with Crippen molar-refractivity contribution in [3.63, 3.8) is 0 Å². The van der Waals surface area contributed by atoms with Crippen LogP contribution in [0.3, 0.4) is 0 Å². The number of carbonyl (C=O) groups is 1. The van der Waals surface area contributed by atoms with Crippen LogP contribution in [0.2, 0.25) is 0 Å². The molecule has 1 aliphatic rings. The topological polar surface area (TPSA) is 95.5 Å². The highest BCUT2D eigenvalue weighted by molar-refractivity contribution is 5.93. The Kier molecular flexibility index (Phi) is 2.59. The lowest BCUT2D eigenvalue weighted by Gasteiger charge is -2.13. The van der Waals surface area contributed by atoms with Gasteiger partial charge in [0.05, 0.1) is 23.2 Å². The van der Waals surface area contributed by atoms with Crippen LogP contribution in [-0.2, 0) is 10.3 Å². The Bertz CT molecular complexity index is 494. The van der Waals surface area contributed by atoms with E-state index in [0.29, 0.717) is 12.8 Å². The molecule has 1 aromatic rings. The fourth-order valence-corrected chi connectivity index (χ4v) is 1.88. The number of nitro groups is 1. The van der Waals surface area contributed by atoms with Gasteiger partial charge in [-0.25, -0.2) is 4.79 Å². The van der Waals surface area contributed by atoms with Crippen LogP contribution in [0.4, 0.5) is 5.69 Å². The Balaban J connectivity index is 2.64. The van der Waals surface area contributed by atoms with E-state index in [1.165, 1.54) is 25.3 Å². The summed E-state index contributed by atoms with van der Waals surface area (Å²) in [5.74, 6) is -0.597. The second-order valence-electron chi connectivity index (χ2n) is 4.10. The molecule has 0 aromatic heterocycles. The number of hydrogen-bond donors (Lipinski definition) is 1. The third-order valence-corrected chi connectivity index (χ3v) is 2.93. The molecule has 1 fully saturated rings. The molecule has 1 aromatic carbocycles. The standard InChI is InChI=1S/C11H12N2O4/c1-17-10(14)7-3-2-4-8(13(15)16)9(7)11(12)5-6-11/h2-4H,5-6,12H2,1H3. The van der Waals surface area contributed by atoms with Gasteiger partial charge in [-0.15, -0.1) is 0 Å². The molecule has 0 atom stereocenters. The number of esters is 1. The number of benzene rings is 1. The minimum absolute atomic E-state index is 0.118. The number of nitrogens with two attached hydrogens (primary N) is 1. The molecule has 1 aliphatic carbocycles. The number of nitrogens with zero attached hydrogens (tertiary/aromatic N) is 1. The summed E-state index contributed by atoms with van der Waals surface area (Å²) in [5, 5.41) is 11.0. The molecular weight excluding hydrogens is 224 g/mol. The zero-order chi connectivity index (χ0) is 12.6. The van der Waals surface area contributed by atoms with E-state index in [2.05, 4.69) is 4.74 Å². The van der Waals surface area contributed by atoms with Gasteiger partial charge in [-0.05, 0) is 18.9 Å². The van der Waals surface area contributed by atoms with E-state index in [-0.39, 0.29) is 16.8 Å². The Morgan fingerprint density at radius 1 is 1.53 bits per heavy atom. The van der Waals surface area contributed by atoms with E-state index in [1.54, 1.807) is 0 Å². The lowest BCUT2D eigenvalue weighted by atomic mass is 9.97. The van der Waals surface area contributed by atoms with Crippen molar-refractivity contribution in [1.82, 2.24) is 0 Å². The first-order chi connectivity index (χ1) is 7.99. The quantitative estimate of drug-likeness (QED) is 0.485. The van der Waals surface area contributed by atoms with Crippen molar-refractivity contribution in [1.29, 1.82) is 0 Å². The van der Waals surface area contributed by atoms with Crippen LogP contribution < -0.4 is 5.73 Å². The maximum absolute atomic E-state index is 11.6. The second kappa shape index (κ2) is 3.81. The number of nitro benzene ring substituents is 1. The van der Waals surface area contributed by atoms with Crippen LogP contribution in [0, 0.1) is 10.1 Å². The minimum atomic E-state index is -0.757. The van der Waals surface area contributed by atoms with Gasteiger partial charge >= 0.3 is 5.97 Å². The molecule has 0 unspecified atom stereocenters. The van der Waals surface area contributed by atoms with Crippen LogP contribution in [0.25, 0.3) is 0 Å². The lowest BCUT2D eigenvalue weighted by molar-refractivity contribution is -0.385. The molecule has 2 rings (SSSR count). The van der Waals surface area contributed by atoms with Crippen molar-refractivity contribution in [3.05, 3.63) is 39.4 Å². The maximum Gasteiger partial charge on any atom is 0.338 e. The average molecular weight is 236 g/mol. The monoisotopic (exact) mass is 236 g/mol. The Labute approximate surface area is 97.5 Å². The first kappa shape index (κ1) is 11.5. The molecule has 0 spiro atoms. The summed E-state index contributed by atoms with van der Waals surface area (Å²) in [5.41, 5.74) is 5.58. The fraction of sp³-hybridized carbons (Fsp3) is 0.364. The molecule has 0 amide bonds. The van der Waals surface area contributed by atoms with E-state index in [0.717, 1.165) is 0 Å². The zero-order valence-corrected chi connectivity index (χ0v) is 9.30. The summed E-state index contributed by atoms with van der Waals surface area (Å²) >= 11 is 0. The van der Waals surface area contributed by atoms with Crippen molar-refractivity contribution in [2.45, 2.75) is 18.4 Å². The third-order valence-electron chi connectivity index (χ3n) is 2.93. The molecule has 90 valence electrons. The van der Waals surface area contributed by atoms with Crippen LogP contribution >= 0.6 is 0 Å². The van der Waals surface area contributed by atoms with Gasteiger partial charge in [-0.1, -0.05) is 6.07 Å². The van der Waals surface area contributed by atoms with Crippen LogP contribution in [-0.4, -0.2) is 18.0 Å². The zero-order valence-electron chi connectivity index (χ0n) is 9.30. The molecule has 6 heteroatoms. The number of carbonyl (C=O) groups excluding carboxylic acids is 1. The average Bonchev–Trinajstić information content (AvgIpc) is 3.06. The van der Waals surface area contributed by atoms with Crippen molar-refractivity contribution in [2.75, 3.05) is 7.11 Å². The minimum Gasteiger partial charge on any atom is -0.465 e. The summed E-state index contributed by atoms with van der Waals surface area (Å²) in [4.78, 5) is 22.0. The molecular formula is C11H12N2O4. The molecule has 17 heavy (non-hydrogen) atoms. The molecule has 2 N–H and O–H groups in total. The highest BCUT2D eigenvalue weighted by Crippen LogP contribution is 2.47. The first-order valence-corrected chi connectivity index (χ1v) is 5.15. The summed E-state index contributed by atoms with van der Waals surface area (Å²) in [7, 11) is 1.24. The van der Waals surface area contributed by atoms with E-state index in [1.807, 2.05) is 0 Å². The van der Waals surface area contributed by atoms with Gasteiger partial charge < -0.3 is 10.5 Å². The van der Waals surface area contributed by atoms with Gasteiger partial charge in [-0.3, -0.25) is 10.1 Å².